The lowest BCUT2D eigenvalue weighted by atomic mass is 10.1. The largest absolute Gasteiger partial charge is 0.310 e. The smallest absolute Gasteiger partial charge is 0.213 e. The number of aromatic nitrogens is 3. The van der Waals surface area contributed by atoms with Crippen molar-refractivity contribution in [1.29, 1.82) is 0 Å². The van der Waals surface area contributed by atoms with Gasteiger partial charge in [0.2, 0.25) is 5.16 Å². The van der Waals surface area contributed by atoms with Gasteiger partial charge < -0.3 is 5.32 Å². The fourth-order valence-corrected chi connectivity index (χ4v) is 2.85. The molecule has 1 aromatic heterocycles. The van der Waals surface area contributed by atoms with E-state index in [1.54, 1.807) is 11.8 Å². The second-order valence-electron chi connectivity index (χ2n) is 4.52. The molecule has 2 N–H and O–H groups in total. The maximum absolute atomic E-state index is 4.34. The highest BCUT2D eigenvalue weighted by Crippen LogP contribution is 2.31. The summed E-state index contributed by atoms with van der Waals surface area (Å²) in [5.74, 6) is 0.845. The first-order valence-electron chi connectivity index (χ1n) is 6.60. The van der Waals surface area contributed by atoms with Crippen LogP contribution in [0.3, 0.4) is 0 Å². The highest BCUT2D eigenvalue weighted by Gasteiger charge is 2.12. The number of aromatic amines is 1. The predicted octanol–water partition coefficient (Wildman–Crippen LogP) is 3.32. The molecule has 2 rings (SSSR count). The monoisotopic (exact) mass is 276 g/mol. The van der Waals surface area contributed by atoms with Crippen LogP contribution < -0.4 is 5.32 Å². The van der Waals surface area contributed by atoms with E-state index in [4.69, 9.17) is 0 Å². The third-order valence-corrected chi connectivity index (χ3v) is 3.82. The summed E-state index contributed by atoms with van der Waals surface area (Å²) < 4.78 is 0. The summed E-state index contributed by atoms with van der Waals surface area (Å²) in [6.45, 7) is 7.31. The van der Waals surface area contributed by atoms with Crippen molar-refractivity contribution in [2.75, 3.05) is 6.54 Å². The summed E-state index contributed by atoms with van der Waals surface area (Å²) in [4.78, 5) is 5.55. The SMILES string of the molecule is CCCNC(C)c1ccccc1Sc1n[nH]c(C)n1. The van der Waals surface area contributed by atoms with Crippen molar-refractivity contribution in [2.45, 2.75) is 43.3 Å². The van der Waals surface area contributed by atoms with Gasteiger partial charge in [-0.15, -0.1) is 5.10 Å². The van der Waals surface area contributed by atoms with Gasteiger partial charge in [0.1, 0.15) is 5.82 Å². The Morgan fingerprint density at radius 3 is 2.84 bits per heavy atom. The fraction of sp³-hybridized carbons (Fsp3) is 0.429. The zero-order chi connectivity index (χ0) is 13.7. The van der Waals surface area contributed by atoms with Gasteiger partial charge in [-0.1, -0.05) is 25.1 Å². The van der Waals surface area contributed by atoms with Crippen LogP contribution in [0, 0.1) is 6.92 Å². The van der Waals surface area contributed by atoms with Crippen molar-refractivity contribution < 1.29 is 0 Å². The first-order chi connectivity index (χ1) is 9.20. The summed E-state index contributed by atoms with van der Waals surface area (Å²) >= 11 is 1.60. The molecule has 1 unspecified atom stereocenters. The Morgan fingerprint density at radius 1 is 1.37 bits per heavy atom. The molecule has 0 aliphatic rings. The van der Waals surface area contributed by atoms with Crippen LogP contribution in [0.1, 0.15) is 37.7 Å². The van der Waals surface area contributed by atoms with Gasteiger partial charge in [-0.3, -0.25) is 5.10 Å². The van der Waals surface area contributed by atoms with Gasteiger partial charge >= 0.3 is 0 Å². The topological polar surface area (TPSA) is 53.6 Å². The summed E-state index contributed by atoms with van der Waals surface area (Å²) in [6.07, 6.45) is 1.14. The van der Waals surface area contributed by atoms with E-state index in [1.165, 1.54) is 10.5 Å². The lowest BCUT2D eigenvalue weighted by molar-refractivity contribution is 0.564. The van der Waals surface area contributed by atoms with Gasteiger partial charge in [0.05, 0.1) is 0 Å². The Balaban J connectivity index is 2.16. The third-order valence-electron chi connectivity index (χ3n) is 2.86. The average molecular weight is 276 g/mol. The van der Waals surface area contributed by atoms with Crippen LogP contribution in [0.4, 0.5) is 0 Å². The minimum atomic E-state index is 0.337. The highest BCUT2D eigenvalue weighted by molar-refractivity contribution is 7.99. The number of aryl methyl sites for hydroxylation is 1. The van der Waals surface area contributed by atoms with Crippen molar-refractivity contribution in [3.8, 4) is 0 Å². The van der Waals surface area contributed by atoms with Crippen LogP contribution in [0.25, 0.3) is 0 Å². The number of hydrogen-bond acceptors (Lipinski definition) is 4. The molecule has 0 aliphatic heterocycles. The van der Waals surface area contributed by atoms with Crippen LogP contribution >= 0.6 is 11.8 Å². The second kappa shape index (κ2) is 6.73. The summed E-state index contributed by atoms with van der Waals surface area (Å²) in [5.41, 5.74) is 1.29. The molecule has 2 aromatic rings. The maximum Gasteiger partial charge on any atom is 0.213 e. The quantitative estimate of drug-likeness (QED) is 0.850. The van der Waals surface area contributed by atoms with Crippen LogP contribution in [0.15, 0.2) is 34.3 Å². The van der Waals surface area contributed by atoms with E-state index in [-0.39, 0.29) is 0 Å². The molecule has 0 spiro atoms. The Morgan fingerprint density at radius 2 is 2.16 bits per heavy atom. The van der Waals surface area contributed by atoms with Crippen LogP contribution in [-0.4, -0.2) is 21.7 Å². The fourth-order valence-electron chi connectivity index (χ4n) is 1.87. The lowest BCUT2D eigenvalue weighted by Gasteiger charge is -2.16. The molecule has 5 heteroatoms. The molecule has 0 aliphatic carbocycles. The normalized spacial score (nSPS) is 12.6. The van der Waals surface area contributed by atoms with Crippen molar-refractivity contribution in [1.82, 2.24) is 20.5 Å². The molecule has 102 valence electrons. The Bertz CT molecular complexity index is 524. The van der Waals surface area contributed by atoms with E-state index >= 15 is 0 Å². The number of rotatable bonds is 6. The van der Waals surface area contributed by atoms with Gasteiger partial charge in [0, 0.05) is 10.9 Å². The molecular formula is C14H20N4S. The van der Waals surface area contributed by atoms with Crippen LogP contribution in [0.2, 0.25) is 0 Å². The molecule has 0 fully saturated rings. The van der Waals surface area contributed by atoms with Gasteiger partial charge in [0.25, 0.3) is 0 Å². The zero-order valence-electron chi connectivity index (χ0n) is 11.6. The van der Waals surface area contributed by atoms with Gasteiger partial charge in [-0.05, 0) is 50.2 Å². The second-order valence-corrected chi connectivity index (χ2v) is 5.53. The van der Waals surface area contributed by atoms with Gasteiger partial charge in [0.15, 0.2) is 0 Å². The van der Waals surface area contributed by atoms with Gasteiger partial charge in [-0.25, -0.2) is 4.98 Å². The number of hydrogen-bond donors (Lipinski definition) is 2. The summed E-state index contributed by atoms with van der Waals surface area (Å²) in [6, 6.07) is 8.75. The van der Waals surface area contributed by atoms with E-state index < -0.39 is 0 Å². The van der Waals surface area contributed by atoms with Crippen molar-refractivity contribution >= 4 is 11.8 Å². The Hall–Kier alpha value is -1.33. The molecule has 4 nitrogen and oxygen atoms in total. The summed E-state index contributed by atoms with van der Waals surface area (Å²) in [5, 5.41) is 11.3. The standard InChI is InChI=1S/C14H20N4S/c1-4-9-15-10(2)12-7-5-6-8-13(12)19-14-16-11(3)17-18-14/h5-8,10,15H,4,9H2,1-3H3,(H,16,17,18). The third kappa shape index (κ3) is 3.81. The summed E-state index contributed by atoms with van der Waals surface area (Å²) in [7, 11) is 0. The minimum Gasteiger partial charge on any atom is -0.310 e. The van der Waals surface area contributed by atoms with Crippen molar-refractivity contribution in [3.05, 3.63) is 35.7 Å². The van der Waals surface area contributed by atoms with E-state index in [0.717, 1.165) is 23.9 Å². The average Bonchev–Trinajstić information content (AvgIpc) is 2.82. The van der Waals surface area contributed by atoms with Gasteiger partial charge in [-0.2, -0.15) is 0 Å². The highest BCUT2D eigenvalue weighted by atomic mass is 32.2. The van der Waals surface area contributed by atoms with E-state index in [2.05, 4.69) is 58.6 Å². The molecule has 1 aromatic carbocycles. The zero-order valence-corrected chi connectivity index (χ0v) is 12.4. The number of nitrogens with one attached hydrogen (secondary N) is 2. The van der Waals surface area contributed by atoms with E-state index in [9.17, 15) is 0 Å². The number of benzene rings is 1. The van der Waals surface area contributed by atoms with Crippen LogP contribution in [-0.2, 0) is 0 Å². The van der Waals surface area contributed by atoms with Crippen molar-refractivity contribution in [3.63, 3.8) is 0 Å². The molecule has 1 atom stereocenters. The molecular weight excluding hydrogens is 256 g/mol. The molecule has 19 heavy (non-hydrogen) atoms. The molecule has 0 saturated heterocycles. The predicted molar refractivity (Wildman–Crippen MR) is 78.4 cm³/mol. The molecule has 0 radical (unpaired) electrons. The first kappa shape index (κ1) is 14.1. The lowest BCUT2D eigenvalue weighted by Crippen LogP contribution is -2.19. The minimum absolute atomic E-state index is 0.337. The van der Waals surface area contributed by atoms with Crippen LogP contribution in [0.5, 0.6) is 0 Å². The first-order valence-corrected chi connectivity index (χ1v) is 7.41. The van der Waals surface area contributed by atoms with E-state index in [1.807, 2.05) is 6.92 Å². The Kier molecular flexibility index (Phi) is 4.99. The number of H-pyrrole nitrogens is 1. The molecule has 0 bridgehead atoms. The molecule has 0 amide bonds. The number of nitrogens with zero attached hydrogens (tertiary/aromatic N) is 2. The van der Waals surface area contributed by atoms with Crippen molar-refractivity contribution in [2.24, 2.45) is 0 Å². The molecule has 1 heterocycles. The molecule has 0 saturated carbocycles. The van der Waals surface area contributed by atoms with E-state index in [0.29, 0.717) is 6.04 Å². The maximum atomic E-state index is 4.34. The Labute approximate surface area is 118 Å².